The van der Waals surface area contributed by atoms with Gasteiger partial charge in [0.15, 0.2) is 0 Å². The molecule has 0 amide bonds. The summed E-state index contributed by atoms with van der Waals surface area (Å²) in [6, 6.07) is 9.71. The fraction of sp³-hybridized carbons (Fsp3) is 0.0769. The Balaban J connectivity index is 2.14. The van der Waals surface area contributed by atoms with Gasteiger partial charge in [-0.05, 0) is 46.3 Å². The molecule has 0 atom stereocenters. The summed E-state index contributed by atoms with van der Waals surface area (Å²) in [5.74, 6) is 0.210. The second-order valence-electron chi connectivity index (χ2n) is 3.67. The minimum Gasteiger partial charge on any atom is -0.489 e. The Bertz CT molecular complexity index is 557. The fourth-order valence-electron chi connectivity index (χ4n) is 1.45. The molecule has 0 aliphatic rings. The van der Waals surface area contributed by atoms with E-state index < -0.39 is 0 Å². The highest BCUT2D eigenvalue weighted by molar-refractivity contribution is 9.10. The standard InChI is InChI=1S/C13H10BrClFNO/c14-10-6-8(4-5-12(10)16)18-7-9-11(15)2-1-3-13(9)17/h1-6H,7,17H2. The highest BCUT2D eigenvalue weighted by atomic mass is 79.9. The van der Waals surface area contributed by atoms with Crippen LogP contribution in [0.3, 0.4) is 0 Å². The number of halogens is 3. The van der Waals surface area contributed by atoms with Crippen LogP contribution in [0, 0.1) is 5.82 Å². The van der Waals surface area contributed by atoms with Crippen LogP contribution in [-0.2, 0) is 6.61 Å². The van der Waals surface area contributed by atoms with Crippen LogP contribution < -0.4 is 10.5 Å². The third kappa shape index (κ3) is 2.94. The lowest BCUT2D eigenvalue weighted by Crippen LogP contribution is -2.01. The largest absolute Gasteiger partial charge is 0.489 e. The normalized spacial score (nSPS) is 10.4. The van der Waals surface area contributed by atoms with Crippen molar-refractivity contribution >= 4 is 33.2 Å². The molecule has 0 fully saturated rings. The fourth-order valence-corrected chi connectivity index (χ4v) is 2.04. The maximum atomic E-state index is 13.0. The number of benzene rings is 2. The molecule has 2 nitrogen and oxygen atoms in total. The summed E-state index contributed by atoms with van der Waals surface area (Å²) < 4.78 is 18.9. The van der Waals surface area contributed by atoms with Crippen LogP contribution in [0.25, 0.3) is 0 Å². The molecule has 0 saturated heterocycles. The summed E-state index contributed by atoms with van der Waals surface area (Å²) >= 11 is 9.12. The molecule has 5 heteroatoms. The van der Waals surface area contributed by atoms with E-state index in [1.165, 1.54) is 6.07 Å². The maximum Gasteiger partial charge on any atom is 0.137 e. The Morgan fingerprint density at radius 2 is 2.06 bits per heavy atom. The van der Waals surface area contributed by atoms with Crippen LogP contribution in [0.5, 0.6) is 5.75 Å². The Morgan fingerprint density at radius 1 is 1.28 bits per heavy atom. The SMILES string of the molecule is Nc1cccc(Cl)c1COc1ccc(F)c(Br)c1. The molecule has 0 heterocycles. The van der Waals surface area contributed by atoms with Crippen molar-refractivity contribution in [2.24, 2.45) is 0 Å². The molecule has 18 heavy (non-hydrogen) atoms. The van der Waals surface area contributed by atoms with Crippen molar-refractivity contribution in [2.75, 3.05) is 5.73 Å². The molecule has 0 bridgehead atoms. The zero-order valence-electron chi connectivity index (χ0n) is 9.29. The van der Waals surface area contributed by atoms with E-state index in [-0.39, 0.29) is 12.4 Å². The molecule has 0 spiro atoms. The second-order valence-corrected chi connectivity index (χ2v) is 4.93. The van der Waals surface area contributed by atoms with E-state index in [1.54, 1.807) is 30.3 Å². The van der Waals surface area contributed by atoms with Crippen molar-refractivity contribution in [3.05, 3.63) is 57.3 Å². The first-order chi connectivity index (χ1) is 8.58. The zero-order chi connectivity index (χ0) is 13.1. The van der Waals surface area contributed by atoms with Crippen molar-refractivity contribution in [2.45, 2.75) is 6.61 Å². The molecule has 0 aromatic heterocycles. The number of ether oxygens (including phenoxy) is 1. The molecular weight excluding hydrogens is 321 g/mol. The van der Waals surface area contributed by atoms with E-state index in [4.69, 9.17) is 22.1 Å². The van der Waals surface area contributed by atoms with Gasteiger partial charge >= 0.3 is 0 Å². The number of hydrogen-bond acceptors (Lipinski definition) is 2. The number of rotatable bonds is 3. The smallest absolute Gasteiger partial charge is 0.137 e. The van der Waals surface area contributed by atoms with E-state index in [0.29, 0.717) is 20.9 Å². The van der Waals surface area contributed by atoms with Gasteiger partial charge in [0.25, 0.3) is 0 Å². The van der Waals surface area contributed by atoms with E-state index in [9.17, 15) is 4.39 Å². The number of anilines is 1. The maximum absolute atomic E-state index is 13.0. The van der Waals surface area contributed by atoms with Gasteiger partial charge in [0.1, 0.15) is 18.2 Å². The molecule has 2 rings (SSSR count). The summed E-state index contributed by atoms with van der Waals surface area (Å²) in [5.41, 5.74) is 7.10. The summed E-state index contributed by atoms with van der Waals surface area (Å²) in [5, 5.41) is 0.552. The van der Waals surface area contributed by atoms with Gasteiger partial charge in [0.05, 0.1) is 4.47 Å². The van der Waals surface area contributed by atoms with E-state index >= 15 is 0 Å². The van der Waals surface area contributed by atoms with Crippen molar-refractivity contribution in [3.63, 3.8) is 0 Å². The van der Waals surface area contributed by atoms with E-state index in [2.05, 4.69) is 15.9 Å². The number of nitrogens with two attached hydrogens (primary N) is 1. The van der Waals surface area contributed by atoms with Crippen molar-refractivity contribution in [3.8, 4) is 5.75 Å². The molecule has 0 unspecified atom stereocenters. The first-order valence-corrected chi connectivity index (χ1v) is 6.35. The van der Waals surface area contributed by atoms with E-state index in [0.717, 1.165) is 5.56 Å². The third-order valence-corrected chi connectivity index (χ3v) is 3.39. The second kappa shape index (κ2) is 5.59. The van der Waals surface area contributed by atoms with Crippen LogP contribution in [0.1, 0.15) is 5.56 Å². The number of nitrogen functional groups attached to an aromatic ring is 1. The van der Waals surface area contributed by atoms with Gasteiger partial charge in [-0.1, -0.05) is 17.7 Å². The first kappa shape index (κ1) is 13.2. The Kier molecular flexibility index (Phi) is 4.09. The predicted octanol–water partition coefficient (Wildman–Crippen LogP) is 4.40. The van der Waals surface area contributed by atoms with Crippen LogP contribution in [0.15, 0.2) is 40.9 Å². The molecule has 0 saturated carbocycles. The topological polar surface area (TPSA) is 35.2 Å². The molecule has 2 N–H and O–H groups in total. The average molecular weight is 331 g/mol. The first-order valence-electron chi connectivity index (χ1n) is 5.18. The van der Waals surface area contributed by atoms with Crippen LogP contribution in [0.2, 0.25) is 5.02 Å². The molecule has 0 aliphatic heterocycles. The highest BCUT2D eigenvalue weighted by Gasteiger charge is 2.06. The highest BCUT2D eigenvalue weighted by Crippen LogP contribution is 2.26. The Hall–Kier alpha value is -1.26. The Labute approximate surface area is 118 Å². The van der Waals surface area contributed by atoms with Crippen molar-refractivity contribution in [1.29, 1.82) is 0 Å². The van der Waals surface area contributed by atoms with Gasteiger partial charge in [-0.25, -0.2) is 4.39 Å². The molecule has 0 radical (unpaired) electrons. The van der Waals surface area contributed by atoms with Gasteiger partial charge in [-0.2, -0.15) is 0 Å². The lowest BCUT2D eigenvalue weighted by molar-refractivity contribution is 0.306. The van der Waals surface area contributed by atoms with Crippen LogP contribution in [-0.4, -0.2) is 0 Å². The third-order valence-electron chi connectivity index (χ3n) is 2.43. The molecule has 0 aliphatic carbocycles. The average Bonchev–Trinajstić information content (AvgIpc) is 2.33. The number of hydrogen-bond donors (Lipinski definition) is 1. The van der Waals surface area contributed by atoms with Crippen molar-refractivity contribution < 1.29 is 9.13 Å². The van der Waals surface area contributed by atoms with Gasteiger partial charge < -0.3 is 10.5 Å². The molecule has 2 aromatic rings. The summed E-state index contributed by atoms with van der Waals surface area (Å²) in [6.07, 6.45) is 0. The van der Waals surface area contributed by atoms with Gasteiger partial charge in [0, 0.05) is 16.3 Å². The minimum absolute atomic E-state index is 0.240. The van der Waals surface area contributed by atoms with Crippen LogP contribution in [0.4, 0.5) is 10.1 Å². The summed E-state index contributed by atoms with van der Waals surface area (Å²) in [4.78, 5) is 0. The predicted molar refractivity (Wildman–Crippen MR) is 74.3 cm³/mol. The monoisotopic (exact) mass is 329 g/mol. The quantitative estimate of drug-likeness (QED) is 0.846. The van der Waals surface area contributed by atoms with Gasteiger partial charge in [0.2, 0.25) is 0 Å². The summed E-state index contributed by atoms with van der Waals surface area (Å²) in [6.45, 7) is 0.240. The zero-order valence-corrected chi connectivity index (χ0v) is 11.6. The van der Waals surface area contributed by atoms with Gasteiger partial charge in [-0.3, -0.25) is 0 Å². The van der Waals surface area contributed by atoms with Gasteiger partial charge in [-0.15, -0.1) is 0 Å². The molecule has 2 aromatic carbocycles. The van der Waals surface area contributed by atoms with Crippen LogP contribution >= 0.6 is 27.5 Å². The Morgan fingerprint density at radius 3 is 2.72 bits per heavy atom. The summed E-state index contributed by atoms with van der Waals surface area (Å²) in [7, 11) is 0. The molecular formula is C13H10BrClFNO. The minimum atomic E-state index is -0.334. The lowest BCUT2D eigenvalue weighted by Gasteiger charge is -2.10. The molecule has 94 valence electrons. The lowest BCUT2D eigenvalue weighted by atomic mass is 10.2. The van der Waals surface area contributed by atoms with Crippen molar-refractivity contribution in [1.82, 2.24) is 0 Å². The van der Waals surface area contributed by atoms with E-state index in [1.807, 2.05) is 0 Å².